The Kier molecular flexibility index (Phi) is 4.58. The molecule has 0 unspecified atom stereocenters. The van der Waals surface area contributed by atoms with Gasteiger partial charge in [-0.3, -0.25) is 14.9 Å². The monoisotopic (exact) mass is 333 g/mol. The van der Waals surface area contributed by atoms with Gasteiger partial charge in [-0.15, -0.1) is 0 Å². The average Bonchev–Trinajstić information content (AvgIpc) is 2.91. The Balaban J connectivity index is 1.81. The molecule has 2 aromatic heterocycles. The van der Waals surface area contributed by atoms with E-state index in [-0.39, 0.29) is 11.1 Å². The molecule has 0 aliphatic carbocycles. The van der Waals surface area contributed by atoms with E-state index in [0.29, 0.717) is 30.8 Å². The second-order valence-electron chi connectivity index (χ2n) is 5.92. The van der Waals surface area contributed by atoms with E-state index >= 15 is 0 Å². The molecule has 2 aromatic rings. The summed E-state index contributed by atoms with van der Waals surface area (Å²) in [6.07, 6.45) is 2.47. The Labute approximate surface area is 138 Å². The molecular formula is C16H19N3O3S. The van der Waals surface area contributed by atoms with Gasteiger partial charge in [0, 0.05) is 19.2 Å². The fourth-order valence-corrected chi connectivity index (χ4v) is 3.43. The second-order valence-corrected chi connectivity index (χ2v) is 7.00. The molecule has 1 N–H and O–H groups in total. The molecule has 1 amide bonds. The molecule has 0 spiro atoms. The maximum atomic E-state index is 12.4. The van der Waals surface area contributed by atoms with Crippen LogP contribution in [0.25, 0.3) is 0 Å². The van der Waals surface area contributed by atoms with Gasteiger partial charge >= 0.3 is 0 Å². The molecule has 1 aliphatic heterocycles. The van der Waals surface area contributed by atoms with Gasteiger partial charge in [0.25, 0.3) is 11.5 Å². The lowest BCUT2D eigenvalue weighted by atomic mass is 10.2. The first kappa shape index (κ1) is 15.9. The van der Waals surface area contributed by atoms with Crippen molar-refractivity contribution in [3.05, 3.63) is 44.8 Å². The maximum absolute atomic E-state index is 12.4. The predicted octanol–water partition coefficient (Wildman–Crippen LogP) is 2.29. The van der Waals surface area contributed by atoms with E-state index in [4.69, 9.17) is 4.74 Å². The van der Waals surface area contributed by atoms with Crippen molar-refractivity contribution in [2.75, 3.05) is 11.9 Å². The Morgan fingerprint density at radius 3 is 3.09 bits per heavy atom. The first-order valence-corrected chi connectivity index (χ1v) is 8.43. The second kappa shape index (κ2) is 6.64. The Bertz CT molecular complexity index is 756. The normalized spacial score (nSPS) is 13.9. The SMILES string of the molecule is CC(C)Cn1cccc(C(=O)Nc2nc3c(s2)COCC3)c1=O. The number of fused-ring (bicyclic) bond motifs is 1. The summed E-state index contributed by atoms with van der Waals surface area (Å²) in [5.74, 6) is -0.0863. The molecule has 0 aromatic carbocycles. The molecule has 7 heteroatoms. The van der Waals surface area contributed by atoms with Gasteiger partial charge in [0.05, 0.1) is 23.8 Å². The number of pyridine rings is 1. The van der Waals surface area contributed by atoms with Gasteiger partial charge in [0.15, 0.2) is 5.13 Å². The molecule has 0 bridgehead atoms. The average molecular weight is 333 g/mol. The highest BCUT2D eigenvalue weighted by molar-refractivity contribution is 7.15. The van der Waals surface area contributed by atoms with E-state index in [2.05, 4.69) is 10.3 Å². The lowest BCUT2D eigenvalue weighted by molar-refractivity contribution is 0.102. The van der Waals surface area contributed by atoms with Crippen molar-refractivity contribution in [3.63, 3.8) is 0 Å². The summed E-state index contributed by atoms with van der Waals surface area (Å²) in [4.78, 5) is 30.2. The van der Waals surface area contributed by atoms with Crippen molar-refractivity contribution < 1.29 is 9.53 Å². The number of thiazole rings is 1. The molecule has 0 saturated heterocycles. The van der Waals surface area contributed by atoms with Crippen LogP contribution in [-0.4, -0.2) is 22.1 Å². The third-order valence-electron chi connectivity index (χ3n) is 3.54. The number of hydrogen-bond acceptors (Lipinski definition) is 5. The summed E-state index contributed by atoms with van der Waals surface area (Å²) in [5, 5.41) is 3.25. The minimum Gasteiger partial charge on any atom is -0.375 e. The molecule has 0 saturated carbocycles. The van der Waals surface area contributed by atoms with Crippen LogP contribution in [-0.2, 0) is 24.3 Å². The molecule has 122 valence electrons. The largest absolute Gasteiger partial charge is 0.375 e. The van der Waals surface area contributed by atoms with Gasteiger partial charge in [-0.25, -0.2) is 4.98 Å². The molecule has 0 atom stereocenters. The number of aromatic nitrogens is 2. The zero-order chi connectivity index (χ0) is 16.4. The summed E-state index contributed by atoms with van der Waals surface area (Å²) in [6, 6.07) is 3.27. The molecule has 3 rings (SSSR count). The van der Waals surface area contributed by atoms with Gasteiger partial charge in [0.1, 0.15) is 5.56 Å². The summed E-state index contributed by atoms with van der Waals surface area (Å²) >= 11 is 1.40. The van der Waals surface area contributed by atoms with Gasteiger partial charge < -0.3 is 9.30 Å². The Morgan fingerprint density at radius 1 is 1.52 bits per heavy atom. The number of nitrogens with one attached hydrogen (secondary N) is 1. The fraction of sp³-hybridized carbons (Fsp3) is 0.438. The van der Waals surface area contributed by atoms with Crippen LogP contribution < -0.4 is 10.9 Å². The third kappa shape index (κ3) is 3.51. The number of amides is 1. The van der Waals surface area contributed by atoms with Crippen LogP contribution in [0.5, 0.6) is 0 Å². The summed E-state index contributed by atoms with van der Waals surface area (Å²) in [6.45, 7) is 5.84. The molecule has 3 heterocycles. The fourth-order valence-electron chi connectivity index (χ4n) is 2.49. The lowest BCUT2D eigenvalue weighted by Gasteiger charge is -2.09. The number of rotatable bonds is 4. The van der Waals surface area contributed by atoms with E-state index in [1.165, 1.54) is 11.3 Å². The van der Waals surface area contributed by atoms with E-state index in [0.717, 1.165) is 17.0 Å². The highest BCUT2D eigenvalue weighted by Crippen LogP contribution is 2.27. The number of anilines is 1. The van der Waals surface area contributed by atoms with Crippen molar-refractivity contribution in [1.29, 1.82) is 0 Å². The molecular weight excluding hydrogens is 314 g/mol. The van der Waals surface area contributed by atoms with Crippen molar-refractivity contribution in [1.82, 2.24) is 9.55 Å². The van der Waals surface area contributed by atoms with Crippen LogP contribution in [0.1, 0.15) is 34.8 Å². The predicted molar refractivity (Wildman–Crippen MR) is 89.0 cm³/mol. The minimum absolute atomic E-state index is 0.137. The van der Waals surface area contributed by atoms with Crippen molar-refractivity contribution in [2.24, 2.45) is 5.92 Å². The van der Waals surface area contributed by atoms with E-state index in [1.54, 1.807) is 22.9 Å². The first-order chi connectivity index (χ1) is 11.0. The van der Waals surface area contributed by atoms with Gasteiger partial charge in [-0.05, 0) is 18.1 Å². The first-order valence-electron chi connectivity index (χ1n) is 7.61. The molecule has 23 heavy (non-hydrogen) atoms. The summed E-state index contributed by atoms with van der Waals surface area (Å²) < 4.78 is 6.94. The maximum Gasteiger partial charge on any atom is 0.263 e. The Hall–Kier alpha value is -1.99. The zero-order valence-corrected chi connectivity index (χ0v) is 14.0. The van der Waals surface area contributed by atoms with Crippen LogP contribution in [0, 0.1) is 5.92 Å². The zero-order valence-electron chi connectivity index (χ0n) is 13.2. The summed E-state index contributed by atoms with van der Waals surface area (Å²) in [5.41, 5.74) is 0.836. The minimum atomic E-state index is -0.417. The third-order valence-corrected chi connectivity index (χ3v) is 4.53. The number of carbonyl (C=O) groups is 1. The number of nitrogens with zero attached hydrogens (tertiary/aromatic N) is 2. The van der Waals surface area contributed by atoms with Crippen molar-refractivity contribution >= 4 is 22.4 Å². The number of carbonyl (C=O) groups excluding carboxylic acids is 1. The van der Waals surface area contributed by atoms with Gasteiger partial charge in [0.2, 0.25) is 0 Å². The number of hydrogen-bond donors (Lipinski definition) is 1. The van der Waals surface area contributed by atoms with Crippen LogP contribution in [0.3, 0.4) is 0 Å². The lowest BCUT2D eigenvalue weighted by Crippen LogP contribution is -2.29. The highest BCUT2D eigenvalue weighted by atomic mass is 32.1. The molecule has 1 aliphatic rings. The smallest absolute Gasteiger partial charge is 0.263 e. The number of ether oxygens (including phenoxy) is 1. The Morgan fingerprint density at radius 2 is 2.35 bits per heavy atom. The van der Waals surface area contributed by atoms with Crippen LogP contribution in [0.2, 0.25) is 0 Å². The van der Waals surface area contributed by atoms with Crippen molar-refractivity contribution in [2.45, 2.75) is 33.4 Å². The van der Waals surface area contributed by atoms with E-state index in [1.807, 2.05) is 13.8 Å². The van der Waals surface area contributed by atoms with Crippen LogP contribution in [0.15, 0.2) is 23.1 Å². The van der Waals surface area contributed by atoms with Crippen LogP contribution >= 0.6 is 11.3 Å². The molecule has 6 nitrogen and oxygen atoms in total. The van der Waals surface area contributed by atoms with Gasteiger partial charge in [-0.1, -0.05) is 25.2 Å². The quantitative estimate of drug-likeness (QED) is 0.932. The van der Waals surface area contributed by atoms with Crippen LogP contribution in [0.4, 0.5) is 5.13 Å². The van der Waals surface area contributed by atoms with E-state index < -0.39 is 5.91 Å². The van der Waals surface area contributed by atoms with Gasteiger partial charge in [-0.2, -0.15) is 0 Å². The summed E-state index contributed by atoms with van der Waals surface area (Å²) in [7, 11) is 0. The molecule has 0 fully saturated rings. The topological polar surface area (TPSA) is 73.2 Å². The van der Waals surface area contributed by atoms with Crippen molar-refractivity contribution in [3.8, 4) is 0 Å². The molecule has 0 radical (unpaired) electrons. The highest BCUT2D eigenvalue weighted by Gasteiger charge is 2.19. The standard InChI is InChI=1S/C16H19N3O3S/c1-10(2)8-19-6-3-4-11(15(19)21)14(20)18-16-17-12-5-7-22-9-13(12)23-16/h3-4,6,10H,5,7-9H2,1-2H3,(H,17,18,20). The van der Waals surface area contributed by atoms with E-state index in [9.17, 15) is 9.59 Å².